The summed E-state index contributed by atoms with van der Waals surface area (Å²) >= 11 is 3.19. The van der Waals surface area contributed by atoms with Crippen molar-refractivity contribution in [2.45, 2.75) is 13.5 Å². The summed E-state index contributed by atoms with van der Waals surface area (Å²) in [4.78, 5) is 12.8. The largest absolute Gasteiger partial charge is 0.347 e. The van der Waals surface area contributed by atoms with Crippen LogP contribution in [0, 0.1) is 6.92 Å². The third kappa shape index (κ3) is 2.04. The van der Waals surface area contributed by atoms with Crippen molar-refractivity contribution >= 4 is 38.0 Å². The fourth-order valence-electron chi connectivity index (χ4n) is 1.69. The van der Waals surface area contributed by atoms with Gasteiger partial charge >= 0.3 is 0 Å². The van der Waals surface area contributed by atoms with Crippen molar-refractivity contribution in [1.82, 2.24) is 15.5 Å². The molecule has 0 aromatic carbocycles. The van der Waals surface area contributed by atoms with E-state index in [0.717, 1.165) is 16.1 Å². The minimum absolute atomic E-state index is 0.0241. The van der Waals surface area contributed by atoms with Gasteiger partial charge in [0.25, 0.3) is 5.91 Å². The van der Waals surface area contributed by atoms with E-state index >= 15 is 0 Å². The Morgan fingerprint density at radius 3 is 3.11 bits per heavy atom. The van der Waals surface area contributed by atoms with Crippen molar-refractivity contribution in [3.8, 4) is 0 Å². The normalized spacial score (nSPS) is 10.9. The minimum Gasteiger partial charge on any atom is -0.347 e. The number of H-pyrrole nitrogens is 1. The standard InChI is InChI=1S/C12H11N3OS2/c1-7-8(6-14-15-7)5-13-12(16)11-4-10-9(18-11)2-3-17-10/h2-4,6H,5H2,1H3,(H,13,16)(H,14,15). The zero-order valence-corrected chi connectivity index (χ0v) is 11.3. The van der Waals surface area contributed by atoms with Crippen LogP contribution in [0.15, 0.2) is 23.7 Å². The number of fused-ring (bicyclic) bond motifs is 1. The summed E-state index contributed by atoms with van der Waals surface area (Å²) in [7, 11) is 0. The summed E-state index contributed by atoms with van der Waals surface area (Å²) in [5, 5.41) is 11.7. The quantitative estimate of drug-likeness (QED) is 0.773. The van der Waals surface area contributed by atoms with Gasteiger partial charge in [0.1, 0.15) is 0 Å². The number of amides is 1. The average Bonchev–Trinajstić information content (AvgIpc) is 3.00. The first-order chi connectivity index (χ1) is 8.74. The lowest BCUT2D eigenvalue weighted by atomic mass is 10.2. The lowest BCUT2D eigenvalue weighted by Gasteiger charge is -2.01. The summed E-state index contributed by atoms with van der Waals surface area (Å²) in [6.07, 6.45) is 1.74. The molecule has 0 saturated carbocycles. The van der Waals surface area contributed by atoms with Gasteiger partial charge in [-0.05, 0) is 24.4 Å². The van der Waals surface area contributed by atoms with Crippen molar-refractivity contribution < 1.29 is 4.79 Å². The highest BCUT2D eigenvalue weighted by Gasteiger charge is 2.11. The number of carbonyl (C=O) groups is 1. The number of aromatic amines is 1. The Labute approximate surface area is 112 Å². The Hall–Kier alpha value is -1.66. The lowest BCUT2D eigenvalue weighted by Crippen LogP contribution is -2.21. The molecule has 18 heavy (non-hydrogen) atoms. The molecule has 3 heterocycles. The second-order valence-corrected chi connectivity index (χ2v) is 5.99. The molecule has 92 valence electrons. The summed E-state index contributed by atoms with van der Waals surface area (Å²) in [6, 6.07) is 3.99. The first-order valence-corrected chi connectivity index (χ1v) is 7.18. The molecule has 2 N–H and O–H groups in total. The molecule has 3 rings (SSSR count). The van der Waals surface area contributed by atoms with Crippen molar-refractivity contribution in [2.24, 2.45) is 0 Å². The SMILES string of the molecule is Cc1[nH]ncc1CNC(=O)c1cc2sccc2s1. The number of aryl methyl sites for hydroxylation is 1. The van der Waals surface area contributed by atoms with Crippen LogP contribution in [0.25, 0.3) is 9.40 Å². The summed E-state index contributed by atoms with van der Waals surface area (Å²) in [6.45, 7) is 2.45. The molecule has 6 heteroatoms. The van der Waals surface area contributed by atoms with Crippen LogP contribution < -0.4 is 5.32 Å². The lowest BCUT2D eigenvalue weighted by molar-refractivity contribution is 0.0955. The summed E-state index contributed by atoms with van der Waals surface area (Å²) < 4.78 is 2.34. The number of nitrogens with one attached hydrogen (secondary N) is 2. The first kappa shape index (κ1) is 11.4. The molecular formula is C12H11N3OS2. The topological polar surface area (TPSA) is 57.8 Å². The molecule has 0 atom stereocenters. The van der Waals surface area contributed by atoms with Crippen LogP contribution in [0.2, 0.25) is 0 Å². The molecule has 1 amide bonds. The Balaban J connectivity index is 1.72. The van der Waals surface area contributed by atoms with E-state index in [1.807, 2.05) is 24.4 Å². The molecule has 3 aromatic heterocycles. The van der Waals surface area contributed by atoms with Gasteiger partial charge in [-0.3, -0.25) is 9.89 Å². The van der Waals surface area contributed by atoms with Crippen molar-refractivity contribution in [2.75, 3.05) is 0 Å². The van der Waals surface area contributed by atoms with E-state index in [1.165, 1.54) is 20.7 Å². The second kappa shape index (κ2) is 4.55. The van der Waals surface area contributed by atoms with Gasteiger partial charge in [-0.25, -0.2) is 0 Å². The number of aromatic nitrogens is 2. The number of carbonyl (C=O) groups excluding carboxylic acids is 1. The molecule has 0 unspecified atom stereocenters. The van der Waals surface area contributed by atoms with Gasteiger partial charge in [-0.15, -0.1) is 22.7 Å². The number of thiophene rings is 2. The summed E-state index contributed by atoms with van der Waals surface area (Å²) in [5.41, 5.74) is 2.00. The van der Waals surface area contributed by atoms with Crippen molar-refractivity contribution in [1.29, 1.82) is 0 Å². The number of hydrogen-bond acceptors (Lipinski definition) is 4. The third-order valence-corrected chi connectivity index (χ3v) is 4.83. The zero-order valence-electron chi connectivity index (χ0n) is 9.69. The minimum atomic E-state index is -0.0241. The Morgan fingerprint density at radius 2 is 2.39 bits per heavy atom. The second-order valence-electron chi connectivity index (χ2n) is 3.96. The Bertz CT molecular complexity index is 666. The maximum atomic E-state index is 12.0. The van der Waals surface area contributed by atoms with E-state index in [2.05, 4.69) is 15.5 Å². The third-order valence-electron chi connectivity index (χ3n) is 2.74. The number of hydrogen-bond donors (Lipinski definition) is 2. The van der Waals surface area contributed by atoms with E-state index in [-0.39, 0.29) is 5.91 Å². The summed E-state index contributed by atoms with van der Waals surface area (Å²) in [5.74, 6) is -0.0241. The highest BCUT2D eigenvalue weighted by molar-refractivity contribution is 7.27. The molecule has 0 aliphatic heterocycles. The number of rotatable bonds is 3. The van der Waals surface area contributed by atoms with Gasteiger partial charge in [0.05, 0.1) is 11.1 Å². The van der Waals surface area contributed by atoms with Gasteiger partial charge < -0.3 is 5.32 Å². The van der Waals surface area contributed by atoms with Crippen LogP contribution in [0.5, 0.6) is 0 Å². The molecule has 0 aliphatic carbocycles. The van der Waals surface area contributed by atoms with E-state index in [0.29, 0.717) is 6.54 Å². The average molecular weight is 277 g/mol. The van der Waals surface area contributed by atoms with Crippen LogP contribution in [-0.2, 0) is 6.54 Å². The molecule has 3 aromatic rings. The molecule has 0 radical (unpaired) electrons. The van der Waals surface area contributed by atoms with Crippen LogP contribution in [-0.4, -0.2) is 16.1 Å². The van der Waals surface area contributed by atoms with Gasteiger partial charge in [0, 0.05) is 27.2 Å². The van der Waals surface area contributed by atoms with Crippen LogP contribution in [0.1, 0.15) is 20.9 Å². The maximum absolute atomic E-state index is 12.0. The van der Waals surface area contributed by atoms with E-state index in [4.69, 9.17) is 0 Å². The van der Waals surface area contributed by atoms with Gasteiger partial charge in [-0.2, -0.15) is 5.10 Å². The molecule has 0 spiro atoms. The van der Waals surface area contributed by atoms with E-state index in [1.54, 1.807) is 17.5 Å². The fraction of sp³-hybridized carbons (Fsp3) is 0.167. The van der Waals surface area contributed by atoms with Crippen molar-refractivity contribution in [3.05, 3.63) is 39.8 Å². The molecule has 0 bridgehead atoms. The predicted molar refractivity (Wildman–Crippen MR) is 74.2 cm³/mol. The monoisotopic (exact) mass is 277 g/mol. The molecular weight excluding hydrogens is 266 g/mol. The Morgan fingerprint density at radius 1 is 1.50 bits per heavy atom. The molecule has 4 nitrogen and oxygen atoms in total. The highest BCUT2D eigenvalue weighted by Crippen LogP contribution is 2.29. The van der Waals surface area contributed by atoms with Crippen LogP contribution in [0.4, 0.5) is 0 Å². The first-order valence-electron chi connectivity index (χ1n) is 5.48. The van der Waals surface area contributed by atoms with Crippen molar-refractivity contribution in [3.63, 3.8) is 0 Å². The van der Waals surface area contributed by atoms with E-state index < -0.39 is 0 Å². The van der Waals surface area contributed by atoms with Crippen LogP contribution in [0.3, 0.4) is 0 Å². The van der Waals surface area contributed by atoms with Gasteiger partial charge in [-0.1, -0.05) is 0 Å². The van der Waals surface area contributed by atoms with Gasteiger partial charge in [0.15, 0.2) is 0 Å². The maximum Gasteiger partial charge on any atom is 0.261 e. The zero-order chi connectivity index (χ0) is 12.5. The molecule has 0 aliphatic rings. The predicted octanol–water partition coefficient (Wildman–Crippen LogP) is 2.92. The van der Waals surface area contributed by atoms with Crippen LogP contribution >= 0.6 is 22.7 Å². The molecule has 0 saturated heterocycles. The molecule has 0 fully saturated rings. The fourth-order valence-corrected chi connectivity index (χ4v) is 3.72. The number of nitrogens with zero attached hydrogens (tertiary/aromatic N) is 1. The highest BCUT2D eigenvalue weighted by atomic mass is 32.1. The van der Waals surface area contributed by atoms with Gasteiger partial charge in [0.2, 0.25) is 0 Å². The smallest absolute Gasteiger partial charge is 0.261 e. The van der Waals surface area contributed by atoms with E-state index in [9.17, 15) is 4.79 Å². The Kier molecular flexibility index (Phi) is 2.89.